The zero-order chi connectivity index (χ0) is 18.1. The molecule has 0 atom stereocenters. The van der Waals surface area contributed by atoms with E-state index in [4.69, 9.17) is 11.6 Å². The molecule has 130 valence electrons. The van der Waals surface area contributed by atoms with Gasteiger partial charge in [-0.05, 0) is 54.8 Å². The van der Waals surface area contributed by atoms with Crippen molar-refractivity contribution in [1.29, 1.82) is 0 Å². The Kier molecular flexibility index (Phi) is 4.35. The molecular formula is C21H18ClN3O. The predicted octanol–water partition coefficient (Wildman–Crippen LogP) is 4.99. The van der Waals surface area contributed by atoms with E-state index in [1.165, 1.54) is 5.56 Å². The fourth-order valence-electron chi connectivity index (χ4n) is 3.12. The molecule has 2 heterocycles. The molecule has 0 radical (unpaired) electrons. The number of halogens is 1. The number of fused-ring (bicyclic) bond motifs is 1. The summed E-state index contributed by atoms with van der Waals surface area (Å²) in [5, 5.41) is 3.96. The number of aromatic nitrogens is 1. The van der Waals surface area contributed by atoms with Crippen molar-refractivity contribution in [2.45, 2.75) is 13.3 Å². The number of benzene rings is 2. The summed E-state index contributed by atoms with van der Waals surface area (Å²) >= 11 is 6.16. The molecule has 0 bridgehead atoms. The predicted molar refractivity (Wildman–Crippen MR) is 106 cm³/mol. The lowest BCUT2D eigenvalue weighted by Gasteiger charge is -2.17. The first-order chi connectivity index (χ1) is 12.6. The lowest BCUT2D eigenvalue weighted by atomic mass is 10.2. The lowest BCUT2D eigenvalue weighted by Crippen LogP contribution is -2.29. The number of nitrogens with zero attached hydrogens (tertiary/aromatic N) is 2. The molecule has 5 heteroatoms. The third-order valence-electron chi connectivity index (χ3n) is 4.58. The van der Waals surface area contributed by atoms with Crippen molar-refractivity contribution in [3.05, 3.63) is 82.6 Å². The Morgan fingerprint density at radius 3 is 2.69 bits per heavy atom. The molecule has 26 heavy (non-hydrogen) atoms. The summed E-state index contributed by atoms with van der Waals surface area (Å²) in [6, 6.07) is 17.4. The summed E-state index contributed by atoms with van der Waals surface area (Å²) in [5.41, 5.74) is 5.35. The van der Waals surface area contributed by atoms with Gasteiger partial charge in [0, 0.05) is 22.9 Å². The van der Waals surface area contributed by atoms with Gasteiger partial charge in [0.25, 0.3) is 5.91 Å². The topological polar surface area (TPSA) is 45.2 Å². The van der Waals surface area contributed by atoms with E-state index in [0.717, 1.165) is 29.0 Å². The minimum absolute atomic E-state index is 0.0696. The van der Waals surface area contributed by atoms with Crippen LogP contribution in [0.25, 0.3) is 0 Å². The lowest BCUT2D eigenvalue weighted by molar-refractivity contribution is 0.0984. The molecule has 1 aromatic heterocycles. The molecule has 4 rings (SSSR count). The Bertz CT molecular complexity index is 969. The van der Waals surface area contributed by atoms with Crippen molar-refractivity contribution < 1.29 is 4.79 Å². The molecule has 1 aliphatic heterocycles. The molecule has 0 spiro atoms. The smallest absolute Gasteiger partial charge is 0.276 e. The van der Waals surface area contributed by atoms with Gasteiger partial charge in [-0.25, -0.2) is 4.98 Å². The molecule has 1 aliphatic rings. The second-order valence-corrected chi connectivity index (χ2v) is 6.76. The number of aryl methyl sites for hydroxylation is 1. The first kappa shape index (κ1) is 16.6. The van der Waals surface area contributed by atoms with Gasteiger partial charge in [0.15, 0.2) is 0 Å². The van der Waals surface area contributed by atoms with Gasteiger partial charge in [0.2, 0.25) is 0 Å². The van der Waals surface area contributed by atoms with Crippen LogP contribution in [0.5, 0.6) is 0 Å². The fourth-order valence-corrected chi connectivity index (χ4v) is 3.30. The van der Waals surface area contributed by atoms with Crippen LogP contribution in [0.4, 0.5) is 17.1 Å². The summed E-state index contributed by atoms with van der Waals surface area (Å²) in [6.07, 6.45) is 2.55. The number of hydrogen-bond donors (Lipinski definition) is 1. The number of carbonyl (C=O) groups excluding carboxylic acids is 1. The average Bonchev–Trinajstić information content (AvgIpc) is 3.09. The molecule has 0 fully saturated rings. The Morgan fingerprint density at radius 1 is 1.12 bits per heavy atom. The highest BCUT2D eigenvalue weighted by Gasteiger charge is 2.25. The first-order valence-corrected chi connectivity index (χ1v) is 8.88. The maximum absolute atomic E-state index is 12.8. The number of carbonyl (C=O) groups is 1. The first-order valence-electron chi connectivity index (χ1n) is 8.51. The largest absolute Gasteiger partial charge is 0.354 e. The van der Waals surface area contributed by atoms with Crippen molar-refractivity contribution in [1.82, 2.24) is 4.98 Å². The molecule has 1 N–H and O–H groups in total. The van der Waals surface area contributed by atoms with E-state index in [1.54, 1.807) is 17.2 Å². The van der Waals surface area contributed by atoms with Crippen LogP contribution in [0.2, 0.25) is 5.02 Å². The van der Waals surface area contributed by atoms with Crippen LogP contribution in [-0.2, 0) is 6.42 Å². The second-order valence-electron chi connectivity index (χ2n) is 6.36. The fraction of sp³-hybridized carbons (Fsp3) is 0.143. The van der Waals surface area contributed by atoms with Crippen LogP contribution in [0.15, 0.2) is 60.8 Å². The SMILES string of the molecule is Cc1ccc(Nc2ccc(C(=O)N3CCc4ccccc43)nc2)cc1Cl. The summed E-state index contributed by atoms with van der Waals surface area (Å²) in [7, 11) is 0. The minimum atomic E-state index is -0.0696. The van der Waals surface area contributed by atoms with Crippen LogP contribution < -0.4 is 10.2 Å². The van der Waals surface area contributed by atoms with Crippen LogP contribution >= 0.6 is 11.6 Å². The monoisotopic (exact) mass is 363 g/mol. The summed E-state index contributed by atoms with van der Waals surface area (Å²) in [4.78, 5) is 18.9. The van der Waals surface area contributed by atoms with E-state index in [1.807, 2.05) is 49.4 Å². The van der Waals surface area contributed by atoms with Crippen molar-refractivity contribution in [3.63, 3.8) is 0 Å². The zero-order valence-electron chi connectivity index (χ0n) is 14.4. The summed E-state index contributed by atoms with van der Waals surface area (Å²) < 4.78 is 0. The number of hydrogen-bond acceptors (Lipinski definition) is 3. The molecule has 1 amide bonds. The number of amides is 1. The van der Waals surface area contributed by atoms with E-state index in [2.05, 4.69) is 16.4 Å². The van der Waals surface area contributed by atoms with Gasteiger partial charge in [-0.1, -0.05) is 35.9 Å². The Hall–Kier alpha value is -2.85. The summed E-state index contributed by atoms with van der Waals surface area (Å²) in [5.74, 6) is -0.0696. The van der Waals surface area contributed by atoms with Crippen molar-refractivity contribution in [3.8, 4) is 0 Å². The van der Waals surface area contributed by atoms with E-state index < -0.39 is 0 Å². The van der Waals surface area contributed by atoms with Crippen LogP contribution in [0.3, 0.4) is 0 Å². The van der Waals surface area contributed by atoms with Gasteiger partial charge in [-0.3, -0.25) is 4.79 Å². The maximum Gasteiger partial charge on any atom is 0.276 e. The Morgan fingerprint density at radius 2 is 1.92 bits per heavy atom. The number of nitrogens with one attached hydrogen (secondary N) is 1. The average molecular weight is 364 g/mol. The number of anilines is 3. The minimum Gasteiger partial charge on any atom is -0.354 e. The molecule has 0 aliphatic carbocycles. The molecule has 3 aromatic rings. The van der Waals surface area contributed by atoms with E-state index in [0.29, 0.717) is 17.3 Å². The van der Waals surface area contributed by atoms with E-state index >= 15 is 0 Å². The number of pyridine rings is 1. The molecule has 4 nitrogen and oxygen atoms in total. The summed E-state index contributed by atoms with van der Waals surface area (Å²) in [6.45, 7) is 2.66. The maximum atomic E-state index is 12.8. The third-order valence-corrected chi connectivity index (χ3v) is 4.98. The van der Waals surface area contributed by atoms with Crippen LogP contribution in [-0.4, -0.2) is 17.4 Å². The van der Waals surface area contributed by atoms with E-state index in [9.17, 15) is 4.79 Å². The van der Waals surface area contributed by atoms with E-state index in [-0.39, 0.29) is 5.91 Å². The van der Waals surface area contributed by atoms with Gasteiger partial charge < -0.3 is 10.2 Å². The van der Waals surface area contributed by atoms with Crippen LogP contribution in [0, 0.1) is 6.92 Å². The number of rotatable bonds is 3. The molecule has 0 saturated heterocycles. The van der Waals surface area contributed by atoms with Gasteiger partial charge in [-0.2, -0.15) is 0 Å². The molecule has 2 aromatic carbocycles. The Balaban J connectivity index is 1.51. The van der Waals surface area contributed by atoms with Crippen molar-refractivity contribution in [2.75, 3.05) is 16.8 Å². The van der Waals surface area contributed by atoms with Gasteiger partial charge in [-0.15, -0.1) is 0 Å². The standard InChI is InChI=1S/C21H18ClN3O/c1-14-6-7-16(12-18(14)22)24-17-8-9-19(23-13-17)21(26)25-11-10-15-4-2-3-5-20(15)25/h2-9,12-13,24H,10-11H2,1H3. The highest BCUT2D eigenvalue weighted by molar-refractivity contribution is 6.31. The van der Waals surface area contributed by atoms with Crippen molar-refractivity contribution >= 4 is 34.6 Å². The third kappa shape index (κ3) is 3.16. The quantitative estimate of drug-likeness (QED) is 0.713. The number of para-hydroxylation sites is 1. The van der Waals surface area contributed by atoms with Gasteiger partial charge in [0.05, 0.1) is 11.9 Å². The van der Waals surface area contributed by atoms with Crippen LogP contribution in [0.1, 0.15) is 21.6 Å². The highest BCUT2D eigenvalue weighted by atomic mass is 35.5. The van der Waals surface area contributed by atoms with Crippen molar-refractivity contribution in [2.24, 2.45) is 0 Å². The zero-order valence-corrected chi connectivity index (χ0v) is 15.1. The molecular weight excluding hydrogens is 346 g/mol. The van der Waals surface area contributed by atoms with Gasteiger partial charge >= 0.3 is 0 Å². The highest BCUT2D eigenvalue weighted by Crippen LogP contribution is 2.29. The van der Waals surface area contributed by atoms with Gasteiger partial charge in [0.1, 0.15) is 5.69 Å². The Labute approximate surface area is 157 Å². The normalized spacial score (nSPS) is 12.8. The molecule has 0 saturated carbocycles. The molecule has 0 unspecified atom stereocenters. The second kappa shape index (κ2) is 6.81.